The Morgan fingerprint density at radius 1 is 1.00 bits per heavy atom. The molecule has 4 heteroatoms. The maximum absolute atomic E-state index is 5.90. The lowest BCUT2D eigenvalue weighted by Crippen LogP contribution is -2.62. The van der Waals surface area contributed by atoms with Gasteiger partial charge in [0, 0.05) is 30.3 Å². The van der Waals surface area contributed by atoms with Crippen LogP contribution in [-0.4, -0.2) is 34.4 Å². The number of para-hydroxylation sites is 2. The fraction of sp³-hybridized carbons (Fsp3) is 0.400. The van der Waals surface area contributed by atoms with Crippen molar-refractivity contribution in [3.8, 4) is 11.4 Å². The molecule has 29 heavy (non-hydrogen) atoms. The second-order valence-corrected chi connectivity index (χ2v) is 9.28. The Balaban J connectivity index is 1.17. The summed E-state index contributed by atoms with van der Waals surface area (Å²) in [5, 5.41) is 4.83. The van der Waals surface area contributed by atoms with Crippen LogP contribution in [0.3, 0.4) is 0 Å². The third-order valence-corrected chi connectivity index (χ3v) is 7.17. The lowest BCUT2D eigenvalue weighted by molar-refractivity contribution is -0.0985. The largest absolute Gasteiger partial charge is 0.491 e. The molecule has 1 saturated carbocycles. The number of aromatic nitrogens is 2. The molecule has 1 aromatic heterocycles. The van der Waals surface area contributed by atoms with Gasteiger partial charge in [-0.25, -0.2) is 4.68 Å². The molecule has 3 aliphatic rings. The molecule has 3 heterocycles. The van der Waals surface area contributed by atoms with Crippen LogP contribution in [0.5, 0.6) is 5.75 Å². The predicted molar refractivity (Wildman–Crippen MR) is 114 cm³/mol. The zero-order chi connectivity index (χ0) is 19.6. The van der Waals surface area contributed by atoms with E-state index in [4.69, 9.17) is 9.84 Å². The number of hydrogen-bond donors (Lipinski definition) is 0. The molecule has 6 rings (SSSR count). The molecule has 1 aliphatic carbocycles. The molecule has 1 spiro atoms. The van der Waals surface area contributed by atoms with Crippen LogP contribution in [0, 0.1) is 19.3 Å². The van der Waals surface area contributed by atoms with E-state index in [1.807, 2.05) is 0 Å². The van der Waals surface area contributed by atoms with Gasteiger partial charge >= 0.3 is 0 Å². The van der Waals surface area contributed by atoms with Crippen LogP contribution in [0.2, 0.25) is 0 Å². The molecular weight excluding hydrogens is 358 g/mol. The zero-order valence-electron chi connectivity index (χ0n) is 17.1. The highest BCUT2D eigenvalue weighted by Gasteiger charge is 2.55. The second kappa shape index (κ2) is 6.20. The van der Waals surface area contributed by atoms with E-state index < -0.39 is 0 Å². The number of fused-ring (bicyclic) bond motifs is 1. The van der Waals surface area contributed by atoms with E-state index in [1.54, 1.807) is 0 Å². The maximum Gasteiger partial charge on any atom is 0.124 e. The second-order valence-electron chi connectivity index (χ2n) is 9.28. The lowest BCUT2D eigenvalue weighted by atomic mass is 9.56. The number of hydrogen-bond acceptors (Lipinski definition) is 3. The Kier molecular flexibility index (Phi) is 3.70. The molecule has 0 unspecified atom stereocenters. The van der Waals surface area contributed by atoms with Crippen molar-refractivity contribution in [3.05, 3.63) is 77.1 Å². The van der Waals surface area contributed by atoms with Gasteiger partial charge in [-0.05, 0) is 55.9 Å². The Hall–Kier alpha value is -2.59. The molecule has 0 radical (unpaired) electrons. The van der Waals surface area contributed by atoms with Crippen molar-refractivity contribution in [1.29, 1.82) is 0 Å². The first-order chi connectivity index (χ1) is 14.1. The first-order valence-corrected chi connectivity index (χ1v) is 10.7. The van der Waals surface area contributed by atoms with Crippen LogP contribution in [0.1, 0.15) is 47.3 Å². The monoisotopic (exact) mass is 385 g/mol. The number of ether oxygens (including phenoxy) is 1. The molecule has 2 aromatic carbocycles. The minimum Gasteiger partial charge on any atom is -0.491 e. The van der Waals surface area contributed by atoms with Gasteiger partial charge in [-0.3, -0.25) is 4.90 Å². The average molecular weight is 386 g/mol. The number of likely N-dealkylation sites (tertiary alicyclic amines) is 1. The molecule has 0 N–H and O–H groups in total. The van der Waals surface area contributed by atoms with Crippen LogP contribution in [0.15, 0.2) is 54.6 Å². The van der Waals surface area contributed by atoms with Crippen molar-refractivity contribution < 1.29 is 4.74 Å². The van der Waals surface area contributed by atoms with E-state index >= 15 is 0 Å². The van der Waals surface area contributed by atoms with Crippen LogP contribution in [0.25, 0.3) is 5.69 Å². The van der Waals surface area contributed by atoms with Crippen LogP contribution in [0.4, 0.5) is 0 Å². The maximum atomic E-state index is 5.90. The van der Waals surface area contributed by atoms with Crippen LogP contribution < -0.4 is 4.74 Å². The summed E-state index contributed by atoms with van der Waals surface area (Å²) in [5.41, 5.74) is 6.85. The van der Waals surface area contributed by atoms with Gasteiger partial charge in [-0.2, -0.15) is 5.10 Å². The van der Waals surface area contributed by atoms with Crippen molar-refractivity contribution in [1.82, 2.24) is 14.7 Å². The highest BCUT2D eigenvalue weighted by Crippen LogP contribution is 2.58. The molecule has 3 aromatic rings. The van der Waals surface area contributed by atoms with Gasteiger partial charge in [0.25, 0.3) is 0 Å². The number of benzene rings is 2. The summed E-state index contributed by atoms with van der Waals surface area (Å²) >= 11 is 0. The van der Waals surface area contributed by atoms with Crippen molar-refractivity contribution in [2.45, 2.75) is 38.6 Å². The first-order valence-electron chi connectivity index (χ1n) is 10.7. The van der Waals surface area contributed by atoms with Gasteiger partial charge in [-0.15, -0.1) is 0 Å². The summed E-state index contributed by atoms with van der Waals surface area (Å²) in [7, 11) is 0. The summed E-state index contributed by atoms with van der Waals surface area (Å²) in [6, 6.07) is 19.8. The van der Waals surface area contributed by atoms with Crippen molar-refractivity contribution in [2.75, 3.05) is 19.7 Å². The minimum atomic E-state index is 0.440. The van der Waals surface area contributed by atoms with E-state index in [1.165, 1.54) is 48.4 Å². The lowest BCUT2D eigenvalue weighted by Gasteiger charge is -2.60. The van der Waals surface area contributed by atoms with Gasteiger partial charge in [-0.1, -0.05) is 36.4 Å². The van der Waals surface area contributed by atoms with Crippen molar-refractivity contribution in [2.24, 2.45) is 5.41 Å². The molecular formula is C25H27N3O. The van der Waals surface area contributed by atoms with Crippen molar-refractivity contribution >= 4 is 0 Å². The molecule has 0 amide bonds. The summed E-state index contributed by atoms with van der Waals surface area (Å²) in [6.45, 7) is 7.48. The van der Waals surface area contributed by atoms with Crippen LogP contribution in [-0.2, 0) is 0 Å². The summed E-state index contributed by atoms with van der Waals surface area (Å²) in [4.78, 5) is 2.62. The Morgan fingerprint density at radius 2 is 1.76 bits per heavy atom. The van der Waals surface area contributed by atoms with E-state index in [-0.39, 0.29) is 0 Å². The fourth-order valence-corrected chi connectivity index (χ4v) is 5.74. The van der Waals surface area contributed by atoms with E-state index in [0.717, 1.165) is 18.1 Å². The Bertz CT molecular complexity index is 1070. The average Bonchev–Trinajstić information content (AvgIpc) is 3.24. The highest BCUT2D eigenvalue weighted by molar-refractivity contribution is 5.43. The first kappa shape index (κ1) is 17.3. The highest BCUT2D eigenvalue weighted by atomic mass is 16.5. The molecule has 2 fully saturated rings. The number of rotatable bonds is 3. The molecule has 1 saturated heterocycles. The van der Waals surface area contributed by atoms with Crippen LogP contribution >= 0.6 is 0 Å². The van der Waals surface area contributed by atoms with E-state index in [2.05, 4.69) is 78.0 Å². The molecule has 2 aliphatic heterocycles. The summed E-state index contributed by atoms with van der Waals surface area (Å²) in [6.07, 6.45) is 2.55. The van der Waals surface area contributed by atoms with Gasteiger partial charge < -0.3 is 4.74 Å². The third kappa shape index (κ3) is 2.66. The SMILES string of the molecule is Cc1cc(C2CC3(C2)CN([C@H]2COc4ccccc42)C3)n(-c2ccccc2C)n1. The number of nitrogens with zero attached hydrogens (tertiary/aromatic N) is 3. The summed E-state index contributed by atoms with van der Waals surface area (Å²) in [5.74, 6) is 1.69. The van der Waals surface area contributed by atoms with Gasteiger partial charge in [0.05, 0.1) is 17.4 Å². The smallest absolute Gasteiger partial charge is 0.124 e. The van der Waals surface area contributed by atoms with E-state index in [9.17, 15) is 0 Å². The molecule has 1 atom stereocenters. The molecule has 0 bridgehead atoms. The van der Waals surface area contributed by atoms with Gasteiger partial charge in [0.2, 0.25) is 0 Å². The molecule has 4 nitrogen and oxygen atoms in total. The third-order valence-electron chi connectivity index (χ3n) is 7.17. The van der Waals surface area contributed by atoms with Gasteiger partial charge in [0.15, 0.2) is 0 Å². The van der Waals surface area contributed by atoms with E-state index in [0.29, 0.717) is 17.4 Å². The minimum absolute atomic E-state index is 0.440. The normalized spacial score (nSPS) is 22.8. The van der Waals surface area contributed by atoms with Gasteiger partial charge in [0.1, 0.15) is 12.4 Å². The number of aryl methyl sites for hydroxylation is 2. The topological polar surface area (TPSA) is 30.3 Å². The quantitative estimate of drug-likeness (QED) is 0.649. The molecule has 148 valence electrons. The van der Waals surface area contributed by atoms with Crippen molar-refractivity contribution in [3.63, 3.8) is 0 Å². The summed E-state index contributed by atoms with van der Waals surface area (Å²) < 4.78 is 8.10. The Morgan fingerprint density at radius 3 is 2.59 bits per heavy atom. The Labute approximate surface area is 172 Å². The standard InChI is InChI=1S/C25H27N3O/c1-17-7-3-5-9-21(17)28-22(11-18(2)26-28)19-12-25(13-19)15-27(16-25)23-14-29-24-10-6-4-8-20(23)24/h3-11,19,23H,12-16H2,1-2H3/t23-/m0/s1. The fourth-order valence-electron chi connectivity index (χ4n) is 5.74. The zero-order valence-corrected chi connectivity index (χ0v) is 17.1. The predicted octanol–water partition coefficient (Wildman–Crippen LogP) is 4.80.